The third-order valence-corrected chi connectivity index (χ3v) is 3.05. The molecule has 9 heteroatoms. The van der Waals surface area contributed by atoms with Crippen molar-refractivity contribution < 1.29 is 31.5 Å². The molecule has 0 bridgehead atoms. The molecule has 2 aromatic rings. The molecule has 0 radical (unpaired) electrons. The topological polar surface area (TPSA) is 50.4 Å². The van der Waals surface area contributed by atoms with Crippen LogP contribution in [-0.4, -0.2) is 19.1 Å². The number of halogens is 5. The van der Waals surface area contributed by atoms with Crippen LogP contribution in [0.5, 0.6) is 5.75 Å². The molecule has 0 spiro atoms. The summed E-state index contributed by atoms with van der Waals surface area (Å²) < 4.78 is 67.5. The van der Waals surface area contributed by atoms with Crippen LogP contribution in [0.1, 0.15) is 5.56 Å². The highest BCUT2D eigenvalue weighted by Gasteiger charge is 2.33. The van der Waals surface area contributed by atoms with Crippen LogP contribution >= 0.6 is 0 Å². The molecule has 2 aromatic carbocycles. The zero-order chi connectivity index (χ0) is 18.4. The predicted molar refractivity (Wildman–Crippen MR) is 81.6 cm³/mol. The first-order valence-electron chi connectivity index (χ1n) is 7.01. The molecule has 134 valence electrons. The number of alkyl halides is 5. The summed E-state index contributed by atoms with van der Waals surface area (Å²) in [6.07, 6.45) is -4.62. The lowest BCUT2D eigenvalue weighted by Gasteiger charge is -2.15. The van der Waals surface area contributed by atoms with Gasteiger partial charge in [0.15, 0.2) is 0 Å². The third-order valence-electron chi connectivity index (χ3n) is 3.05. The van der Waals surface area contributed by atoms with Crippen molar-refractivity contribution in [2.24, 2.45) is 0 Å². The van der Waals surface area contributed by atoms with E-state index >= 15 is 0 Å². The van der Waals surface area contributed by atoms with Gasteiger partial charge >= 0.3 is 12.8 Å². The average molecular weight is 360 g/mol. The van der Waals surface area contributed by atoms with Gasteiger partial charge in [0.25, 0.3) is 0 Å². The molecule has 0 aliphatic carbocycles. The molecule has 0 heterocycles. The number of ether oxygens (including phenoxy) is 1. The standard InChI is InChI=1S/C16H13F5N2O2/c17-15(18)25-13-8-4-3-7-12(13)22-9-14(24)23-11-6-2-1-5-10(11)16(19,20)21/h1-8,15,22H,9H2,(H,23,24). The zero-order valence-electron chi connectivity index (χ0n) is 12.6. The maximum atomic E-state index is 12.9. The highest BCUT2D eigenvalue weighted by Crippen LogP contribution is 2.34. The lowest BCUT2D eigenvalue weighted by Crippen LogP contribution is -2.23. The van der Waals surface area contributed by atoms with Gasteiger partial charge in [-0.1, -0.05) is 24.3 Å². The molecule has 0 saturated carbocycles. The van der Waals surface area contributed by atoms with Crippen molar-refractivity contribution in [3.05, 3.63) is 54.1 Å². The molecular weight excluding hydrogens is 347 g/mol. The van der Waals surface area contributed by atoms with Gasteiger partial charge in [-0.2, -0.15) is 22.0 Å². The monoisotopic (exact) mass is 360 g/mol. The molecule has 0 aliphatic rings. The minimum atomic E-state index is -4.62. The van der Waals surface area contributed by atoms with Gasteiger partial charge in [0.1, 0.15) is 5.75 Å². The van der Waals surface area contributed by atoms with E-state index in [1.807, 2.05) is 0 Å². The summed E-state index contributed by atoms with van der Waals surface area (Å²) in [6.45, 7) is -3.48. The number of benzene rings is 2. The summed E-state index contributed by atoms with van der Waals surface area (Å²) in [5, 5.41) is 4.68. The summed E-state index contributed by atoms with van der Waals surface area (Å²) in [7, 11) is 0. The van der Waals surface area contributed by atoms with Gasteiger partial charge in [0, 0.05) is 0 Å². The molecule has 2 rings (SSSR count). The van der Waals surface area contributed by atoms with Gasteiger partial charge in [-0.25, -0.2) is 0 Å². The Balaban J connectivity index is 2.03. The quantitative estimate of drug-likeness (QED) is 0.753. The number of nitrogens with one attached hydrogen (secondary N) is 2. The van der Waals surface area contributed by atoms with E-state index < -0.39 is 30.8 Å². The van der Waals surface area contributed by atoms with Crippen molar-refractivity contribution in [1.29, 1.82) is 0 Å². The van der Waals surface area contributed by atoms with E-state index in [9.17, 15) is 26.7 Å². The van der Waals surface area contributed by atoms with E-state index in [-0.39, 0.29) is 17.1 Å². The summed E-state index contributed by atoms with van der Waals surface area (Å²) in [5.41, 5.74) is -1.26. The van der Waals surface area contributed by atoms with Gasteiger partial charge in [-0.05, 0) is 24.3 Å². The Labute approximate surface area is 139 Å². The molecule has 1 amide bonds. The summed E-state index contributed by atoms with van der Waals surface area (Å²) in [6, 6.07) is 10.2. The van der Waals surface area contributed by atoms with Crippen molar-refractivity contribution in [2.45, 2.75) is 12.8 Å². The van der Waals surface area contributed by atoms with Crippen LogP contribution in [0.3, 0.4) is 0 Å². The summed E-state index contributed by atoms with van der Waals surface area (Å²) >= 11 is 0. The smallest absolute Gasteiger partial charge is 0.418 e. The fourth-order valence-electron chi connectivity index (χ4n) is 2.02. The first-order valence-corrected chi connectivity index (χ1v) is 7.01. The van der Waals surface area contributed by atoms with E-state index in [1.165, 1.54) is 36.4 Å². The number of amides is 1. The number of hydrogen-bond acceptors (Lipinski definition) is 3. The molecule has 4 nitrogen and oxygen atoms in total. The Morgan fingerprint density at radius 1 is 1.00 bits per heavy atom. The number of hydrogen-bond donors (Lipinski definition) is 2. The van der Waals surface area contributed by atoms with Crippen molar-refractivity contribution >= 4 is 17.3 Å². The van der Waals surface area contributed by atoms with Gasteiger partial charge in [0.2, 0.25) is 5.91 Å². The zero-order valence-corrected chi connectivity index (χ0v) is 12.6. The number of carbonyl (C=O) groups excluding carboxylic acids is 1. The Morgan fingerprint density at radius 2 is 1.60 bits per heavy atom. The second-order valence-electron chi connectivity index (χ2n) is 4.82. The van der Waals surface area contributed by atoms with Crippen LogP contribution in [-0.2, 0) is 11.0 Å². The summed E-state index contributed by atoms with van der Waals surface area (Å²) in [4.78, 5) is 11.9. The van der Waals surface area contributed by atoms with Crippen LogP contribution in [0.25, 0.3) is 0 Å². The molecule has 0 fully saturated rings. The second kappa shape index (κ2) is 7.82. The summed E-state index contributed by atoms with van der Waals surface area (Å²) in [5.74, 6) is -0.954. The maximum Gasteiger partial charge on any atom is 0.418 e. The minimum Gasteiger partial charge on any atom is -0.433 e. The molecule has 0 atom stereocenters. The third kappa shape index (κ3) is 5.33. The first kappa shape index (κ1) is 18.5. The second-order valence-corrected chi connectivity index (χ2v) is 4.82. The maximum absolute atomic E-state index is 12.9. The number of anilines is 2. The van der Waals surface area contributed by atoms with E-state index in [0.29, 0.717) is 0 Å². The fraction of sp³-hybridized carbons (Fsp3) is 0.188. The Morgan fingerprint density at radius 3 is 2.24 bits per heavy atom. The lowest BCUT2D eigenvalue weighted by atomic mass is 10.1. The van der Waals surface area contributed by atoms with Gasteiger partial charge in [-0.3, -0.25) is 4.79 Å². The molecule has 25 heavy (non-hydrogen) atoms. The lowest BCUT2D eigenvalue weighted by molar-refractivity contribution is -0.137. The molecule has 0 unspecified atom stereocenters. The highest BCUT2D eigenvalue weighted by molar-refractivity contribution is 5.94. The van der Waals surface area contributed by atoms with E-state index in [1.54, 1.807) is 0 Å². The van der Waals surface area contributed by atoms with Crippen molar-refractivity contribution in [2.75, 3.05) is 17.2 Å². The van der Waals surface area contributed by atoms with Crippen LogP contribution in [0.15, 0.2) is 48.5 Å². The Hall–Kier alpha value is -2.84. The molecule has 2 N–H and O–H groups in total. The van der Waals surface area contributed by atoms with Crippen LogP contribution in [0, 0.1) is 0 Å². The highest BCUT2D eigenvalue weighted by atomic mass is 19.4. The van der Waals surface area contributed by atoms with Gasteiger partial charge < -0.3 is 15.4 Å². The predicted octanol–water partition coefficient (Wildman–Crippen LogP) is 4.36. The molecule has 0 aromatic heterocycles. The van der Waals surface area contributed by atoms with Crippen LogP contribution in [0.4, 0.5) is 33.3 Å². The molecule has 0 saturated heterocycles. The molecule has 0 aliphatic heterocycles. The van der Waals surface area contributed by atoms with Crippen molar-refractivity contribution in [3.8, 4) is 5.75 Å². The molecular formula is C16H13F5N2O2. The number of carbonyl (C=O) groups is 1. The normalized spacial score (nSPS) is 11.3. The fourth-order valence-corrected chi connectivity index (χ4v) is 2.02. The van der Waals surface area contributed by atoms with Crippen LogP contribution < -0.4 is 15.4 Å². The van der Waals surface area contributed by atoms with E-state index in [0.717, 1.165) is 12.1 Å². The SMILES string of the molecule is O=C(CNc1ccccc1OC(F)F)Nc1ccccc1C(F)(F)F. The average Bonchev–Trinajstić information content (AvgIpc) is 2.53. The number of rotatable bonds is 6. The van der Waals surface area contributed by atoms with Crippen LogP contribution in [0.2, 0.25) is 0 Å². The van der Waals surface area contributed by atoms with E-state index in [2.05, 4.69) is 15.4 Å². The van der Waals surface area contributed by atoms with Crippen molar-refractivity contribution in [1.82, 2.24) is 0 Å². The first-order chi connectivity index (χ1) is 11.8. The Bertz CT molecular complexity index is 734. The largest absolute Gasteiger partial charge is 0.433 e. The Kier molecular flexibility index (Phi) is 5.79. The van der Waals surface area contributed by atoms with Gasteiger partial charge in [-0.15, -0.1) is 0 Å². The van der Waals surface area contributed by atoms with Crippen molar-refractivity contribution in [3.63, 3.8) is 0 Å². The van der Waals surface area contributed by atoms with E-state index in [4.69, 9.17) is 0 Å². The van der Waals surface area contributed by atoms with Gasteiger partial charge in [0.05, 0.1) is 23.5 Å². The number of para-hydroxylation sites is 3. The minimum absolute atomic E-state index is 0.113.